The average molecular weight is 205 g/mol. The fraction of sp³-hybridized carbons (Fsp3) is 0.462. The van der Waals surface area contributed by atoms with Gasteiger partial charge in [-0.1, -0.05) is 23.8 Å². The van der Waals surface area contributed by atoms with E-state index in [9.17, 15) is 4.79 Å². The topological polar surface area (TPSA) is 20.3 Å². The van der Waals surface area contributed by atoms with E-state index in [0.717, 1.165) is 5.56 Å². The Morgan fingerprint density at radius 1 is 1.27 bits per heavy atom. The van der Waals surface area contributed by atoms with E-state index < -0.39 is 0 Å². The molecule has 2 heteroatoms. The van der Waals surface area contributed by atoms with Crippen molar-refractivity contribution in [2.75, 3.05) is 14.1 Å². The Kier molecular flexibility index (Phi) is 3.64. The second kappa shape index (κ2) is 4.58. The lowest BCUT2D eigenvalue weighted by Crippen LogP contribution is -2.26. The van der Waals surface area contributed by atoms with E-state index in [0.29, 0.717) is 0 Å². The minimum absolute atomic E-state index is 0.120. The summed E-state index contributed by atoms with van der Waals surface area (Å²) in [5.74, 6) is 0.189. The molecule has 0 aliphatic rings. The van der Waals surface area contributed by atoms with Crippen LogP contribution in [0.5, 0.6) is 0 Å². The third kappa shape index (κ3) is 2.66. The van der Waals surface area contributed by atoms with Gasteiger partial charge in [0.25, 0.3) is 0 Å². The van der Waals surface area contributed by atoms with Crippen molar-refractivity contribution >= 4 is 5.78 Å². The van der Waals surface area contributed by atoms with Crippen molar-refractivity contribution in [3.63, 3.8) is 0 Å². The predicted molar refractivity (Wildman–Crippen MR) is 63.0 cm³/mol. The van der Waals surface area contributed by atoms with Gasteiger partial charge in [0, 0.05) is 0 Å². The molecule has 82 valence electrons. The maximum Gasteiger partial charge on any atom is 0.151 e. The average Bonchev–Trinajstić information content (AvgIpc) is 2.10. The Balaban J connectivity index is 3.22. The van der Waals surface area contributed by atoms with Gasteiger partial charge in [-0.2, -0.15) is 0 Å². The van der Waals surface area contributed by atoms with Gasteiger partial charge in [-0.15, -0.1) is 0 Å². The molecule has 0 aromatic heterocycles. The lowest BCUT2D eigenvalue weighted by molar-refractivity contribution is -0.121. The van der Waals surface area contributed by atoms with Gasteiger partial charge in [-0.3, -0.25) is 9.69 Å². The summed E-state index contributed by atoms with van der Waals surface area (Å²) in [6.07, 6.45) is 0. The molecule has 0 saturated heterocycles. The van der Waals surface area contributed by atoms with Crippen molar-refractivity contribution in [3.8, 4) is 0 Å². The zero-order valence-corrected chi connectivity index (χ0v) is 10.2. The Morgan fingerprint density at radius 3 is 2.33 bits per heavy atom. The third-order valence-corrected chi connectivity index (χ3v) is 2.63. The van der Waals surface area contributed by atoms with Crippen LogP contribution in [0.25, 0.3) is 0 Å². The molecule has 1 atom stereocenters. The summed E-state index contributed by atoms with van der Waals surface area (Å²) < 4.78 is 0. The highest BCUT2D eigenvalue weighted by Gasteiger charge is 2.20. The highest BCUT2D eigenvalue weighted by Crippen LogP contribution is 2.23. The van der Waals surface area contributed by atoms with Crippen molar-refractivity contribution in [2.45, 2.75) is 26.8 Å². The van der Waals surface area contributed by atoms with E-state index in [1.807, 2.05) is 25.9 Å². The molecule has 0 fully saturated rings. The highest BCUT2D eigenvalue weighted by molar-refractivity contribution is 5.83. The molecule has 0 aliphatic carbocycles. The molecule has 0 saturated carbocycles. The molecule has 1 aromatic rings. The van der Waals surface area contributed by atoms with Crippen LogP contribution in [0.3, 0.4) is 0 Å². The van der Waals surface area contributed by atoms with Crippen molar-refractivity contribution in [1.29, 1.82) is 0 Å². The van der Waals surface area contributed by atoms with Gasteiger partial charge in [0.2, 0.25) is 0 Å². The second-order valence-corrected chi connectivity index (χ2v) is 4.34. The number of benzene rings is 1. The summed E-state index contributed by atoms with van der Waals surface area (Å²) in [6, 6.07) is 6.13. The van der Waals surface area contributed by atoms with Crippen molar-refractivity contribution in [3.05, 3.63) is 34.9 Å². The van der Waals surface area contributed by atoms with Crippen LogP contribution in [0, 0.1) is 13.8 Å². The van der Waals surface area contributed by atoms with Crippen LogP contribution in [-0.2, 0) is 4.79 Å². The number of nitrogens with zero attached hydrogens (tertiary/aromatic N) is 1. The van der Waals surface area contributed by atoms with Crippen LogP contribution in [-0.4, -0.2) is 24.8 Å². The van der Waals surface area contributed by atoms with E-state index in [2.05, 4.69) is 25.1 Å². The molecule has 1 rings (SSSR count). The summed E-state index contributed by atoms with van der Waals surface area (Å²) in [6.45, 7) is 5.75. The molecular formula is C13H19NO. The largest absolute Gasteiger partial charge is 0.298 e. The molecule has 0 radical (unpaired) electrons. The van der Waals surface area contributed by atoms with Gasteiger partial charge in [-0.25, -0.2) is 0 Å². The number of rotatable bonds is 3. The Bertz CT molecular complexity index is 369. The molecule has 0 N–H and O–H groups in total. The number of hydrogen-bond acceptors (Lipinski definition) is 2. The van der Waals surface area contributed by atoms with E-state index in [4.69, 9.17) is 0 Å². The van der Waals surface area contributed by atoms with Crippen molar-refractivity contribution < 1.29 is 4.79 Å². The first kappa shape index (κ1) is 11.9. The molecule has 0 amide bonds. The van der Waals surface area contributed by atoms with Gasteiger partial charge < -0.3 is 0 Å². The Labute approximate surface area is 91.9 Å². The lowest BCUT2D eigenvalue weighted by Gasteiger charge is -2.24. The van der Waals surface area contributed by atoms with Crippen LogP contribution in [0.4, 0.5) is 0 Å². The molecule has 0 spiro atoms. The van der Waals surface area contributed by atoms with Crippen LogP contribution in [0.15, 0.2) is 18.2 Å². The fourth-order valence-electron chi connectivity index (χ4n) is 1.92. The molecular weight excluding hydrogens is 186 g/mol. The highest BCUT2D eigenvalue weighted by atomic mass is 16.1. The van der Waals surface area contributed by atoms with Gasteiger partial charge >= 0.3 is 0 Å². The van der Waals surface area contributed by atoms with Crippen LogP contribution in [0.1, 0.15) is 29.7 Å². The van der Waals surface area contributed by atoms with Crippen LogP contribution >= 0.6 is 0 Å². The quantitative estimate of drug-likeness (QED) is 0.755. The van der Waals surface area contributed by atoms with Gasteiger partial charge in [0.1, 0.15) is 0 Å². The number of hydrogen-bond donors (Lipinski definition) is 0. The van der Waals surface area contributed by atoms with Crippen molar-refractivity contribution in [1.82, 2.24) is 4.90 Å². The minimum Gasteiger partial charge on any atom is -0.298 e. The fourth-order valence-corrected chi connectivity index (χ4v) is 1.92. The Hall–Kier alpha value is -1.15. The Morgan fingerprint density at radius 2 is 1.87 bits per heavy atom. The van der Waals surface area contributed by atoms with Gasteiger partial charge in [0.15, 0.2) is 5.78 Å². The second-order valence-electron chi connectivity index (χ2n) is 4.34. The van der Waals surface area contributed by atoms with E-state index in [-0.39, 0.29) is 11.8 Å². The number of likely N-dealkylation sites (N-methyl/N-ethyl adjacent to an activating group) is 1. The number of carbonyl (C=O) groups excluding carboxylic acids is 1. The predicted octanol–water partition coefficient (Wildman–Crippen LogP) is 2.50. The van der Waals surface area contributed by atoms with E-state index in [1.54, 1.807) is 6.92 Å². The minimum atomic E-state index is -0.120. The smallest absolute Gasteiger partial charge is 0.151 e. The number of carbonyl (C=O) groups is 1. The molecule has 15 heavy (non-hydrogen) atoms. The maximum atomic E-state index is 11.6. The lowest BCUT2D eigenvalue weighted by atomic mass is 9.96. The summed E-state index contributed by atoms with van der Waals surface area (Å²) in [5.41, 5.74) is 3.49. The maximum absolute atomic E-state index is 11.6. The van der Waals surface area contributed by atoms with E-state index >= 15 is 0 Å². The molecule has 2 nitrogen and oxygen atoms in total. The summed E-state index contributed by atoms with van der Waals surface area (Å²) in [4.78, 5) is 13.6. The zero-order chi connectivity index (χ0) is 11.6. The van der Waals surface area contributed by atoms with Crippen LogP contribution in [0.2, 0.25) is 0 Å². The molecule has 1 aromatic carbocycles. The van der Waals surface area contributed by atoms with Gasteiger partial charge in [0.05, 0.1) is 6.04 Å². The van der Waals surface area contributed by atoms with E-state index in [1.165, 1.54) is 11.1 Å². The molecule has 0 heterocycles. The standard InChI is InChI=1S/C13H19NO/c1-9-6-7-10(2)12(8-9)13(11(3)15)14(4)5/h6-8,13H,1-5H3. The SMILES string of the molecule is CC(=O)C(c1cc(C)ccc1C)N(C)C. The normalized spacial score (nSPS) is 12.9. The first-order valence-electron chi connectivity index (χ1n) is 5.17. The summed E-state index contributed by atoms with van der Waals surface area (Å²) in [7, 11) is 3.88. The van der Waals surface area contributed by atoms with Crippen molar-refractivity contribution in [2.24, 2.45) is 0 Å². The van der Waals surface area contributed by atoms with Crippen LogP contribution < -0.4 is 0 Å². The number of aryl methyl sites for hydroxylation is 2. The third-order valence-electron chi connectivity index (χ3n) is 2.63. The summed E-state index contributed by atoms with van der Waals surface area (Å²) in [5, 5.41) is 0. The summed E-state index contributed by atoms with van der Waals surface area (Å²) >= 11 is 0. The number of ketones is 1. The molecule has 0 aliphatic heterocycles. The first-order chi connectivity index (χ1) is 6.93. The zero-order valence-electron chi connectivity index (χ0n) is 10.2. The number of Topliss-reactive ketones (excluding diaryl/α,β-unsaturated/α-hetero) is 1. The van der Waals surface area contributed by atoms with Gasteiger partial charge in [-0.05, 0) is 46.0 Å². The monoisotopic (exact) mass is 205 g/mol. The first-order valence-corrected chi connectivity index (χ1v) is 5.17. The molecule has 0 bridgehead atoms. The molecule has 1 unspecified atom stereocenters.